The fourth-order valence-electron chi connectivity index (χ4n) is 4.03. The van der Waals surface area contributed by atoms with E-state index in [1.807, 2.05) is 61.5 Å². The van der Waals surface area contributed by atoms with E-state index >= 15 is 0 Å². The lowest BCUT2D eigenvalue weighted by Gasteiger charge is -2.25. The summed E-state index contributed by atoms with van der Waals surface area (Å²) in [5, 5.41) is 2.71. The number of carbonyl (C=O) groups excluding carboxylic acids is 1. The number of rotatable bonds is 10. The molecule has 0 aliphatic heterocycles. The van der Waals surface area contributed by atoms with Crippen molar-refractivity contribution >= 4 is 43.4 Å². The molecule has 3 aromatic carbocycles. The molecule has 1 heterocycles. The van der Waals surface area contributed by atoms with E-state index < -0.39 is 0 Å². The molecule has 4 rings (SSSR count). The van der Waals surface area contributed by atoms with Crippen LogP contribution in [0.2, 0.25) is 0 Å². The number of amides is 1. The van der Waals surface area contributed by atoms with Crippen molar-refractivity contribution in [1.82, 2.24) is 9.88 Å². The van der Waals surface area contributed by atoms with Crippen molar-refractivity contribution in [2.75, 3.05) is 44.8 Å². The number of ether oxygens (including phenoxy) is 2. The molecule has 7 heteroatoms. The molecule has 6 nitrogen and oxygen atoms in total. The van der Waals surface area contributed by atoms with Crippen molar-refractivity contribution in [3.05, 3.63) is 60.2 Å². The van der Waals surface area contributed by atoms with Crippen LogP contribution in [-0.2, 0) is 0 Å². The Hall–Kier alpha value is -3.16. The number of thiazole rings is 1. The van der Waals surface area contributed by atoms with E-state index in [1.165, 1.54) is 11.3 Å². The molecule has 0 saturated carbocycles. The number of methoxy groups -OCH3 is 1. The Bertz CT molecular complexity index is 1280. The summed E-state index contributed by atoms with van der Waals surface area (Å²) in [6.07, 6.45) is 0. The minimum absolute atomic E-state index is 0.112. The van der Waals surface area contributed by atoms with Gasteiger partial charge in [-0.1, -0.05) is 49.4 Å². The summed E-state index contributed by atoms with van der Waals surface area (Å²) in [5.41, 5.74) is 1.39. The average molecular weight is 478 g/mol. The summed E-state index contributed by atoms with van der Waals surface area (Å²) in [7, 11) is 1.61. The molecule has 178 valence electrons. The van der Waals surface area contributed by atoms with Gasteiger partial charge in [-0.25, -0.2) is 4.98 Å². The monoisotopic (exact) mass is 477 g/mol. The summed E-state index contributed by atoms with van der Waals surface area (Å²) < 4.78 is 12.3. The van der Waals surface area contributed by atoms with Gasteiger partial charge in [0.15, 0.2) is 5.13 Å². The van der Waals surface area contributed by atoms with Crippen LogP contribution in [0.1, 0.15) is 31.1 Å². The van der Waals surface area contributed by atoms with E-state index in [9.17, 15) is 4.79 Å². The first-order valence-corrected chi connectivity index (χ1v) is 12.5. The number of carbonyl (C=O) groups is 1. The smallest absolute Gasteiger partial charge is 0.263 e. The average Bonchev–Trinajstić information content (AvgIpc) is 3.28. The maximum Gasteiger partial charge on any atom is 0.263 e. The zero-order chi connectivity index (χ0) is 24.1. The Balaban J connectivity index is 1.76. The van der Waals surface area contributed by atoms with Gasteiger partial charge in [0.25, 0.3) is 5.91 Å². The summed E-state index contributed by atoms with van der Waals surface area (Å²) in [6.45, 7) is 9.98. The SMILES string of the molecule is CCOc1ccc2nc(N(CCN(CC)CC)C(=O)c3cc4ccccc4cc3OC)sc2c1. The zero-order valence-electron chi connectivity index (χ0n) is 20.2. The van der Waals surface area contributed by atoms with Gasteiger partial charge in [0.1, 0.15) is 11.5 Å². The van der Waals surface area contributed by atoms with Gasteiger partial charge < -0.3 is 14.4 Å². The molecule has 34 heavy (non-hydrogen) atoms. The highest BCUT2D eigenvalue weighted by molar-refractivity contribution is 7.22. The van der Waals surface area contributed by atoms with E-state index in [2.05, 4.69) is 18.7 Å². The predicted molar refractivity (Wildman–Crippen MR) is 141 cm³/mol. The third-order valence-corrected chi connectivity index (χ3v) is 7.01. The molecule has 1 amide bonds. The van der Waals surface area contributed by atoms with E-state index in [0.29, 0.717) is 29.6 Å². The van der Waals surface area contributed by atoms with Gasteiger partial charge in [0, 0.05) is 13.1 Å². The summed E-state index contributed by atoms with van der Waals surface area (Å²) in [4.78, 5) is 22.9. The van der Waals surface area contributed by atoms with E-state index in [4.69, 9.17) is 14.5 Å². The minimum atomic E-state index is -0.112. The molecule has 4 aromatic rings. The van der Waals surface area contributed by atoms with E-state index in [1.54, 1.807) is 12.0 Å². The number of hydrogen-bond donors (Lipinski definition) is 0. The summed E-state index contributed by atoms with van der Waals surface area (Å²) >= 11 is 1.51. The zero-order valence-corrected chi connectivity index (χ0v) is 21.0. The Labute approximate surface area is 204 Å². The van der Waals surface area contributed by atoms with Crippen molar-refractivity contribution < 1.29 is 14.3 Å². The molecule has 0 N–H and O–H groups in total. The van der Waals surface area contributed by atoms with Crippen LogP contribution < -0.4 is 14.4 Å². The van der Waals surface area contributed by atoms with Crippen molar-refractivity contribution in [1.29, 1.82) is 0 Å². The molecule has 0 atom stereocenters. The highest BCUT2D eigenvalue weighted by Gasteiger charge is 2.25. The summed E-state index contributed by atoms with van der Waals surface area (Å²) in [5.74, 6) is 1.26. The van der Waals surface area contributed by atoms with Gasteiger partial charge in [0.05, 0.1) is 29.5 Å². The number of aromatic nitrogens is 1. The molecular formula is C27H31N3O3S. The number of hydrogen-bond acceptors (Lipinski definition) is 6. The largest absolute Gasteiger partial charge is 0.496 e. The lowest BCUT2D eigenvalue weighted by Crippen LogP contribution is -2.39. The number of anilines is 1. The Morgan fingerprint density at radius 1 is 0.971 bits per heavy atom. The maximum absolute atomic E-state index is 14.0. The fraction of sp³-hybridized carbons (Fsp3) is 0.333. The molecule has 0 fully saturated rings. The standard InChI is InChI=1S/C27H31N3O3S/c1-5-29(6-2)14-15-30(27-28-23-13-12-21(33-7-3)18-25(23)34-27)26(31)22-16-19-10-8-9-11-20(19)17-24(22)32-4/h8-13,16-18H,5-7,14-15H2,1-4H3. The number of benzene rings is 3. The second-order valence-electron chi connectivity index (χ2n) is 7.94. The molecule has 0 bridgehead atoms. The van der Waals surface area contributed by atoms with Crippen LogP contribution >= 0.6 is 11.3 Å². The fourth-order valence-corrected chi connectivity index (χ4v) is 5.05. The van der Waals surface area contributed by atoms with Gasteiger partial charge in [-0.3, -0.25) is 9.69 Å². The number of nitrogens with zero attached hydrogens (tertiary/aromatic N) is 3. The van der Waals surface area contributed by atoms with Crippen molar-refractivity contribution in [3.63, 3.8) is 0 Å². The number of likely N-dealkylation sites (N-methyl/N-ethyl adjacent to an activating group) is 1. The van der Waals surface area contributed by atoms with Crippen LogP contribution in [0.4, 0.5) is 5.13 Å². The Morgan fingerprint density at radius 3 is 2.38 bits per heavy atom. The molecule has 0 saturated heterocycles. The second-order valence-corrected chi connectivity index (χ2v) is 8.95. The van der Waals surface area contributed by atoms with Gasteiger partial charge in [-0.05, 0) is 61.1 Å². The molecule has 0 aliphatic carbocycles. The molecule has 0 spiro atoms. The molecule has 0 unspecified atom stereocenters. The maximum atomic E-state index is 14.0. The van der Waals surface area contributed by atoms with Crippen molar-refractivity contribution in [2.24, 2.45) is 0 Å². The van der Waals surface area contributed by atoms with Crippen LogP contribution in [0, 0.1) is 0 Å². The van der Waals surface area contributed by atoms with Crippen LogP contribution in [0.15, 0.2) is 54.6 Å². The first-order chi connectivity index (χ1) is 16.6. The quantitative estimate of drug-likeness (QED) is 0.287. The van der Waals surface area contributed by atoms with Gasteiger partial charge in [-0.15, -0.1) is 0 Å². The van der Waals surface area contributed by atoms with Crippen molar-refractivity contribution in [2.45, 2.75) is 20.8 Å². The van der Waals surface area contributed by atoms with Gasteiger partial charge in [0.2, 0.25) is 0 Å². The minimum Gasteiger partial charge on any atom is -0.496 e. The first kappa shape index (κ1) is 24.0. The Kier molecular flexibility index (Phi) is 7.65. The normalized spacial score (nSPS) is 11.3. The molecule has 0 aliphatic rings. The highest BCUT2D eigenvalue weighted by atomic mass is 32.1. The van der Waals surface area contributed by atoms with Gasteiger partial charge in [-0.2, -0.15) is 0 Å². The third kappa shape index (κ3) is 5.00. The first-order valence-electron chi connectivity index (χ1n) is 11.7. The topological polar surface area (TPSA) is 54.9 Å². The third-order valence-electron chi connectivity index (χ3n) is 5.97. The van der Waals surface area contributed by atoms with Crippen molar-refractivity contribution in [3.8, 4) is 11.5 Å². The second kappa shape index (κ2) is 10.8. The Morgan fingerprint density at radius 2 is 1.71 bits per heavy atom. The van der Waals surface area contributed by atoms with E-state index in [0.717, 1.165) is 46.4 Å². The van der Waals surface area contributed by atoms with Crippen LogP contribution in [0.5, 0.6) is 11.5 Å². The van der Waals surface area contributed by atoms with Crippen LogP contribution in [0.25, 0.3) is 21.0 Å². The highest BCUT2D eigenvalue weighted by Crippen LogP contribution is 2.34. The van der Waals surface area contributed by atoms with E-state index in [-0.39, 0.29) is 5.91 Å². The summed E-state index contributed by atoms with van der Waals surface area (Å²) in [6, 6.07) is 17.7. The molecular weight excluding hydrogens is 446 g/mol. The van der Waals surface area contributed by atoms with Crippen LogP contribution in [-0.4, -0.2) is 55.7 Å². The lowest BCUT2D eigenvalue weighted by molar-refractivity contribution is 0.0981. The number of fused-ring (bicyclic) bond motifs is 2. The van der Waals surface area contributed by atoms with Crippen LogP contribution in [0.3, 0.4) is 0 Å². The lowest BCUT2D eigenvalue weighted by atomic mass is 10.0. The molecule has 0 radical (unpaired) electrons. The van der Waals surface area contributed by atoms with Gasteiger partial charge >= 0.3 is 0 Å². The molecule has 1 aromatic heterocycles. The predicted octanol–water partition coefficient (Wildman–Crippen LogP) is 5.85.